The van der Waals surface area contributed by atoms with Gasteiger partial charge in [-0.1, -0.05) is 6.92 Å². The minimum atomic E-state index is -1.21. The fraction of sp³-hybridized carbons (Fsp3) is 0.800. The van der Waals surface area contributed by atoms with E-state index < -0.39 is 18.0 Å². The summed E-state index contributed by atoms with van der Waals surface area (Å²) < 4.78 is 0. The summed E-state index contributed by atoms with van der Waals surface area (Å²) in [5.41, 5.74) is 0. The van der Waals surface area contributed by atoms with E-state index in [0.29, 0.717) is 0 Å². The number of carboxylic acids is 1. The molecule has 0 aromatic carbocycles. The summed E-state index contributed by atoms with van der Waals surface area (Å²) >= 11 is 0. The Morgan fingerprint density at radius 3 is 1.89 bits per heavy atom. The van der Waals surface area contributed by atoms with Crippen molar-refractivity contribution in [2.75, 3.05) is 0 Å². The van der Waals surface area contributed by atoms with Gasteiger partial charge in [0.15, 0.2) is 0 Å². The molecule has 0 fully saturated rings. The maximum absolute atomic E-state index is 9.87. The molecule has 9 heavy (non-hydrogen) atoms. The average molecular weight is 140 g/mol. The molecule has 0 unspecified atom stereocenters. The van der Waals surface area contributed by atoms with Gasteiger partial charge in [0.1, 0.15) is 0 Å². The van der Waals surface area contributed by atoms with Crippen LogP contribution in [0.25, 0.3) is 0 Å². The third-order valence-electron chi connectivity index (χ3n) is 1.10. The van der Waals surface area contributed by atoms with Crippen LogP contribution in [0.2, 0.25) is 0 Å². The normalized spacial score (nSPS) is 15.4. The van der Waals surface area contributed by atoms with E-state index in [2.05, 4.69) is 0 Å². The molecule has 0 amide bonds. The number of aliphatic hydroxyl groups is 1. The van der Waals surface area contributed by atoms with Gasteiger partial charge in [-0.3, -0.25) is 0 Å². The topological polar surface area (TPSA) is 60.4 Å². The van der Waals surface area contributed by atoms with Crippen LogP contribution in [0, 0.1) is 5.92 Å². The molecule has 0 heterocycles. The van der Waals surface area contributed by atoms with Crippen molar-refractivity contribution in [3.8, 4) is 0 Å². The number of aliphatic hydroxyl groups excluding tert-OH is 1. The second-order valence-corrected chi connectivity index (χ2v) is 1.85. The van der Waals surface area contributed by atoms with Crippen molar-refractivity contribution in [2.24, 2.45) is 5.92 Å². The monoisotopic (exact) mass is 140 g/mol. The van der Waals surface area contributed by atoms with Crippen molar-refractivity contribution >= 4 is 5.97 Å². The molecule has 0 radical (unpaired) electrons. The second-order valence-electron chi connectivity index (χ2n) is 1.85. The Hall–Kier alpha value is 0.430. The molecule has 0 aliphatic heterocycles. The molecule has 0 saturated heterocycles. The number of carbonyl (C=O) groups excluding carboxylic acids is 1. The fourth-order valence-electron chi connectivity index (χ4n) is 0.197. The first kappa shape index (κ1) is 12.1. The van der Waals surface area contributed by atoms with Gasteiger partial charge in [-0.2, -0.15) is 0 Å². The van der Waals surface area contributed by atoms with Gasteiger partial charge >= 0.3 is 29.6 Å². The van der Waals surface area contributed by atoms with Crippen molar-refractivity contribution in [2.45, 2.75) is 20.0 Å². The zero-order chi connectivity index (χ0) is 6.73. The van der Waals surface area contributed by atoms with E-state index in [-0.39, 0.29) is 29.6 Å². The molecular weight excluding hydrogens is 131 g/mol. The first-order chi connectivity index (χ1) is 3.55. The molecule has 0 aromatic heterocycles. The first-order valence-corrected chi connectivity index (χ1v) is 2.44. The van der Waals surface area contributed by atoms with Gasteiger partial charge in [0.25, 0.3) is 0 Å². The Bertz CT molecular complexity index is 92.2. The van der Waals surface area contributed by atoms with Crippen LogP contribution in [0.15, 0.2) is 0 Å². The van der Waals surface area contributed by atoms with Crippen LogP contribution in [0.3, 0.4) is 0 Å². The van der Waals surface area contributed by atoms with Crippen LogP contribution in [0.5, 0.6) is 0 Å². The summed E-state index contributed by atoms with van der Waals surface area (Å²) in [7, 11) is 0. The molecule has 1 N–H and O–H groups in total. The number of aliphatic carboxylic acids is 1. The SMILES string of the molecule is C[C@H](O)[C@H](C)C(=O)[O-].[Na+]. The molecule has 4 heteroatoms. The maximum Gasteiger partial charge on any atom is 1.00 e. The third-order valence-corrected chi connectivity index (χ3v) is 1.10. The molecular formula is C5H9NaO3. The molecule has 0 aromatic rings. The molecule has 2 atom stereocenters. The molecule has 48 valence electrons. The number of carbonyl (C=O) groups is 1. The van der Waals surface area contributed by atoms with Gasteiger partial charge in [-0.05, 0) is 6.92 Å². The Kier molecular flexibility index (Phi) is 7.06. The summed E-state index contributed by atoms with van der Waals surface area (Å²) in [6.07, 6.45) is -0.819. The van der Waals surface area contributed by atoms with Gasteiger partial charge in [0, 0.05) is 11.9 Å². The largest absolute Gasteiger partial charge is 1.00 e. The van der Waals surface area contributed by atoms with Gasteiger partial charge in [0.2, 0.25) is 0 Å². The van der Waals surface area contributed by atoms with Crippen molar-refractivity contribution in [3.05, 3.63) is 0 Å². The zero-order valence-corrected chi connectivity index (χ0v) is 7.92. The summed E-state index contributed by atoms with van der Waals surface area (Å²) in [6, 6.07) is 0. The van der Waals surface area contributed by atoms with E-state index in [1.807, 2.05) is 0 Å². The van der Waals surface area contributed by atoms with E-state index >= 15 is 0 Å². The standard InChI is InChI=1S/C5H10O3.Na/c1-3(4(2)6)5(7)8;/h3-4,6H,1-2H3,(H,7,8);/q;+1/p-1/t3-,4-;/m0./s1. The molecule has 3 nitrogen and oxygen atoms in total. The van der Waals surface area contributed by atoms with E-state index in [0.717, 1.165) is 0 Å². The Morgan fingerprint density at radius 1 is 1.56 bits per heavy atom. The van der Waals surface area contributed by atoms with E-state index in [1.54, 1.807) is 0 Å². The summed E-state index contributed by atoms with van der Waals surface area (Å²) in [4.78, 5) is 9.87. The zero-order valence-electron chi connectivity index (χ0n) is 5.92. The van der Waals surface area contributed by atoms with Crippen LogP contribution in [-0.2, 0) is 4.79 Å². The van der Waals surface area contributed by atoms with Crippen molar-refractivity contribution in [3.63, 3.8) is 0 Å². The number of hydrogen-bond donors (Lipinski definition) is 1. The molecule has 0 spiro atoms. The van der Waals surface area contributed by atoms with Gasteiger partial charge in [0.05, 0.1) is 6.10 Å². The smallest absolute Gasteiger partial charge is 0.550 e. The van der Waals surface area contributed by atoms with Crippen molar-refractivity contribution in [1.29, 1.82) is 0 Å². The summed E-state index contributed by atoms with van der Waals surface area (Å²) in [6.45, 7) is 2.82. The maximum atomic E-state index is 9.87. The van der Waals surface area contributed by atoms with E-state index in [1.165, 1.54) is 13.8 Å². The van der Waals surface area contributed by atoms with Crippen LogP contribution in [0.4, 0.5) is 0 Å². The minimum absolute atomic E-state index is 0. The molecule has 0 saturated carbocycles. The third kappa shape index (κ3) is 4.90. The number of hydrogen-bond acceptors (Lipinski definition) is 3. The summed E-state index contributed by atoms with van der Waals surface area (Å²) in [5.74, 6) is -1.98. The fourth-order valence-corrected chi connectivity index (χ4v) is 0.197. The van der Waals surface area contributed by atoms with Crippen LogP contribution >= 0.6 is 0 Å². The van der Waals surface area contributed by atoms with Crippen LogP contribution in [0.1, 0.15) is 13.8 Å². The summed E-state index contributed by atoms with van der Waals surface area (Å²) in [5, 5.41) is 18.4. The Balaban J connectivity index is 0. The van der Waals surface area contributed by atoms with E-state index in [4.69, 9.17) is 5.11 Å². The van der Waals surface area contributed by atoms with Gasteiger partial charge < -0.3 is 15.0 Å². The van der Waals surface area contributed by atoms with Crippen molar-refractivity contribution in [1.82, 2.24) is 0 Å². The predicted octanol–water partition coefficient (Wildman–Crippen LogP) is -4.24. The molecule has 0 aliphatic rings. The van der Waals surface area contributed by atoms with Gasteiger partial charge in [-0.25, -0.2) is 0 Å². The molecule has 0 rings (SSSR count). The second kappa shape index (κ2) is 5.23. The molecule has 0 aliphatic carbocycles. The van der Waals surface area contributed by atoms with Crippen molar-refractivity contribution < 1.29 is 44.6 Å². The van der Waals surface area contributed by atoms with Gasteiger partial charge in [-0.15, -0.1) is 0 Å². The average Bonchev–Trinajstić information content (AvgIpc) is 1.64. The van der Waals surface area contributed by atoms with Crippen LogP contribution < -0.4 is 34.7 Å². The number of rotatable bonds is 2. The Labute approximate surface area is 76.4 Å². The van der Waals surface area contributed by atoms with Crippen LogP contribution in [-0.4, -0.2) is 17.2 Å². The minimum Gasteiger partial charge on any atom is -0.550 e. The quantitative estimate of drug-likeness (QED) is 0.395. The molecule has 0 bridgehead atoms. The number of carboxylic acid groups (broad SMARTS) is 1. The first-order valence-electron chi connectivity index (χ1n) is 2.44. The van der Waals surface area contributed by atoms with E-state index in [9.17, 15) is 9.90 Å². The Morgan fingerprint density at radius 2 is 1.89 bits per heavy atom. The predicted molar refractivity (Wildman–Crippen MR) is 25.9 cm³/mol.